The van der Waals surface area contributed by atoms with Gasteiger partial charge in [-0.05, 0) is 128 Å². The monoisotopic (exact) mass is 1100 g/mol. The van der Waals surface area contributed by atoms with E-state index in [1.165, 1.54) is 122 Å². The van der Waals surface area contributed by atoms with E-state index in [1.54, 1.807) is 0 Å². The summed E-state index contributed by atoms with van der Waals surface area (Å²) >= 11 is 0. The molecular formula is C74H120O6. The number of esters is 3. The quantitative estimate of drug-likeness (QED) is 0.0261. The molecule has 0 saturated carbocycles. The van der Waals surface area contributed by atoms with Crippen molar-refractivity contribution in [3.8, 4) is 0 Å². The first-order valence-electron chi connectivity index (χ1n) is 32.8. The summed E-state index contributed by atoms with van der Waals surface area (Å²) in [6.45, 7) is 6.34. The molecule has 0 rings (SSSR count). The first kappa shape index (κ1) is 75.3. The summed E-state index contributed by atoms with van der Waals surface area (Å²) in [6.07, 6.45) is 95.9. The molecule has 0 aromatic rings. The van der Waals surface area contributed by atoms with Gasteiger partial charge in [0.1, 0.15) is 13.2 Å². The highest BCUT2D eigenvalue weighted by atomic mass is 16.6. The molecule has 0 bridgehead atoms. The summed E-state index contributed by atoms with van der Waals surface area (Å²) in [5.41, 5.74) is 0. The molecule has 0 spiro atoms. The Morgan fingerprint density at radius 1 is 0.263 bits per heavy atom. The molecule has 6 heteroatoms. The molecular weight excluding hydrogens is 985 g/mol. The smallest absolute Gasteiger partial charge is 0.306 e. The van der Waals surface area contributed by atoms with Crippen LogP contribution in [0.2, 0.25) is 0 Å². The van der Waals surface area contributed by atoms with Gasteiger partial charge in [-0.3, -0.25) is 14.4 Å². The summed E-state index contributed by atoms with van der Waals surface area (Å²) in [6, 6.07) is 0. The van der Waals surface area contributed by atoms with Gasteiger partial charge in [0.25, 0.3) is 0 Å². The molecule has 0 N–H and O–H groups in total. The maximum Gasteiger partial charge on any atom is 0.306 e. The zero-order chi connectivity index (χ0) is 57.8. The van der Waals surface area contributed by atoms with Crippen molar-refractivity contribution < 1.29 is 28.6 Å². The summed E-state index contributed by atoms with van der Waals surface area (Å²) in [5.74, 6) is -1.00. The first-order valence-corrected chi connectivity index (χ1v) is 32.8. The first-order chi connectivity index (χ1) is 39.5. The van der Waals surface area contributed by atoms with Crippen LogP contribution in [0.15, 0.2) is 146 Å². The minimum Gasteiger partial charge on any atom is -0.462 e. The van der Waals surface area contributed by atoms with Crippen LogP contribution in [0.25, 0.3) is 0 Å². The molecule has 0 heterocycles. The number of allylic oxidation sites excluding steroid dienone is 24. The van der Waals surface area contributed by atoms with Gasteiger partial charge in [-0.2, -0.15) is 0 Å². The van der Waals surface area contributed by atoms with Crippen LogP contribution in [-0.4, -0.2) is 37.2 Å². The average molecular weight is 1110 g/mol. The number of carbonyl (C=O) groups is 3. The minimum atomic E-state index is -0.818. The SMILES string of the molecule is CC/C=C\C/C=C\C/C=C\C/C=C\C/C=C\C/C=C\C/C=C\CCCCCCCCCCCC(=O)OCC(COC(=O)CC/C=C\C/C=C\C/C=C\C/C=C\CC)OC(=O)CCCCCCCCC/C=C\CCCCCCCCC. The number of hydrogen-bond donors (Lipinski definition) is 0. The van der Waals surface area contributed by atoms with E-state index < -0.39 is 6.10 Å². The molecule has 0 aromatic heterocycles. The van der Waals surface area contributed by atoms with Gasteiger partial charge in [0.15, 0.2) is 6.10 Å². The standard InChI is InChI=1S/C74H120O6/c1-4-7-10-13-16-19-22-25-27-29-31-32-33-34-35-36-37-38-39-40-41-42-43-45-46-49-52-55-58-61-64-67-73(76)79-70-71(69-78-72(75)66-63-60-57-54-51-48-24-21-18-15-12-9-6-3)80-74(77)68-65-62-59-56-53-50-47-44-30-28-26-23-20-17-14-11-8-5-2/h7,9-10,12,16,18-19,21,25,27-28,30-32,34-35,37-38,40-41,48,51,57,60,71H,4-6,8,11,13-15,17,20,22-24,26,29,33,36,39,42-47,49-50,52-56,58-59,61-70H2,1-3H3/b10-7-,12-9-,19-16-,21-18-,27-25-,30-28-,32-31-,35-34-,38-37-,41-40-,51-48-,60-57-. The van der Waals surface area contributed by atoms with Crippen molar-refractivity contribution in [2.24, 2.45) is 0 Å². The molecule has 6 nitrogen and oxygen atoms in total. The Bertz CT molecular complexity index is 1750. The van der Waals surface area contributed by atoms with Crippen LogP contribution >= 0.6 is 0 Å². The molecule has 1 atom stereocenters. The minimum absolute atomic E-state index is 0.109. The van der Waals surface area contributed by atoms with Crippen molar-refractivity contribution in [1.82, 2.24) is 0 Å². The Balaban J connectivity index is 4.35. The van der Waals surface area contributed by atoms with Crippen LogP contribution in [0, 0.1) is 0 Å². The fourth-order valence-electron chi connectivity index (χ4n) is 8.73. The van der Waals surface area contributed by atoms with Gasteiger partial charge < -0.3 is 14.2 Å². The van der Waals surface area contributed by atoms with Gasteiger partial charge in [-0.15, -0.1) is 0 Å². The number of rotatable bonds is 58. The van der Waals surface area contributed by atoms with Crippen LogP contribution in [0.1, 0.15) is 284 Å². The van der Waals surface area contributed by atoms with Crippen LogP contribution in [0.4, 0.5) is 0 Å². The second-order valence-electron chi connectivity index (χ2n) is 21.3. The topological polar surface area (TPSA) is 78.9 Å². The number of hydrogen-bond acceptors (Lipinski definition) is 6. The van der Waals surface area contributed by atoms with Crippen molar-refractivity contribution >= 4 is 17.9 Å². The third-order valence-electron chi connectivity index (χ3n) is 13.6. The maximum absolute atomic E-state index is 12.9. The van der Waals surface area contributed by atoms with Crippen LogP contribution in [0.5, 0.6) is 0 Å². The fraction of sp³-hybridized carbons (Fsp3) is 0.635. The van der Waals surface area contributed by atoms with Gasteiger partial charge in [-0.1, -0.05) is 282 Å². The second-order valence-corrected chi connectivity index (χ2v) is 21.3. The van der Waals surface area contributed by atoms with E-state index >= 15 is 0 Å². The highest BCUT2D eigenvalue weighted by Crippen LogP contribution is 2.15. The average Bonchev–Trinajstić information content (AvgIpc) is 3.46. The summed E-state index contributed by atoms with van der Waals surface area (Å²) in [7, 11) is 0. The van der Waals surface area contributed by atoms with Crippen LogP contribution < -0.4 is 0 Å². The number of carbonyl (C=O) groups excluding carboxylic acids is 3. The van der Waals surface area contributed by atoms with E-state index in [1.807, 2.05) is 6.08 Å². The van der Waals surface area contributed by atoms with E-state index in [9.17, 15) is 14.4 Å². The van der Waals surface area contributed by atoms with E-state index in [2.05, 4.69) is 161 Å². The van der Waals surface area contributed by atoms with Gasteiger partial charge in [0, 0.05) is 19.3 Å². The van der Waals surface area contributed by atoms with Gasteiger partial charge in [0.05, 0.1) is 0 Å². The van der Waals surface area contributed by atoms with Gasteiger partial charge in [0.2, 0.25) is 0 Å². The Labute approximate surface area is 493 Å². The van der Waals surface area contributed by atoms with Gasteiger partial charge in [-0.25, -0.2) is 0 Å². The highest BCUT2D eigenvalue weighted by molar-refractivity contribution is 5.71. The van der Waals surface area contributed by atoms with E-state index in [0.717, 1.165) is 116 Å². The molecule has 452 valence electrons. The van der Waals surface area contributed by atoms with Crippen molar-refractivity contribution in [2.75, 3.05) is 13.2 Å². The normalized spacial score (nSPS) is 13.1. The molecule has 0 aliphatic carbocycles. The van der Waals surface area contributed by atoms with Crippen molar-refractivity contribution in [3.63, 3.8) is 0 Å². The molecule has 0 amide bonds. The number of ether oxygens (including phenoxy) is 3. The van der Waals surface area contributed by atoms with Crippen LogP contribution in [0.3, 0.4) is 0 Å². The lowest BCUT2D eigenvalue weighted by Crippen LogP contribution is -2.30. The predicted molar refractivity (Wildman–Crippen MR) is 348 cm³/mol. The molecule has 80 heavy (non-hydrogen) atoms. The van der Waals surface area contributed by atoms with Gasteiger partial charge >= 0.3 is 17.9 Å². The predicted octanol–water partition coefficient (Wildman–Crippen LogP) is 22.7. The van der Waals surface area contributed by atoms with E-state index in [0.29, 0.717) is 19.3 Å². The largest absolute Gasteiger partial charge is 0.462 e. The van der Waals surface area contributed by atoms with E-state index in [4.69, 9.17) is 14.2 Å². The zero-order valence-corrected chi connectivity index (χ0v) is 51.8. The van der Waals surface area contributed by atoms with Crippen molar-refractivity contribution in [3.05, 3.63) is 146 Å². The maximum atomic E-state index is 12.9. The third-order valence-corrected chi connectivity index (χ3v) is 13.6. The highest BCUT2D eigenvalue weighted by Gasteiger charge is 2.19. The van der Waals surface area contributed by atoms with Crippen molar-refractivity contribution in [1.29, 1.82) is 0 Å². The van der Waals surface area contributed by atoms with Crippen molar-refractivity contribution in [2.45, 2.75) is 290 Å². The molecule has 0 aliphatic heterocycles. The van der Waals surface area contributed by atoms with Crippen LogP contribution in [-0.2, 0) is 28.6 Å². The molecule has 0 radical (unpaired) electrons. The summed E-state index contributed by atoms with van der Waals surface area (Å²) in [5, 5.41) is 0. The zero-order valence-electron chi connectivity index (χ0n) is 51.8. The molecule has 0 saturated heterocycles. The lowest BCUT2D eigenvalue weighted by atomic mass is 10.1. The Hall–Kier alpha value is -4.71. The number of unbranched alkanes of at least 4 members (excludes halogenated alkanes) is 23. The lowest BCUT2D eigenvalue weighted by Gasteiger charge is -2.18. The Morgan fingerprint density at radius 3 is 0.850 bits per heavy atom. The second kappa shape index (κ2) is 66.8. The molecule has 0 aliphatic rings. The Kier molecular flexibility index (Phi) is 62.9. The summed E-state index contributed by atoms with van der Waals surface area (Å²) in [4.78, 5) is 38.3. The third kappa shape index (κ3) is 64.1. The lowest BCUT2D eigenvalue weighted by molar-refractivity contribution is -0.166. The molecule has 0 fully saturated rings. The molecule has 1 unspecified atom stereocenters. The Morgan fingerprint density at radius 2 is 0.512 bits per heavy atom. The van der Waals surface area contributed by atoms with E-state index in [-0.39, 0.29) is 37.5 Å². The summed E-state index contributed by atoms with van der Waals surface area (Å²) < 4.78 is 16.8. The fourth-order valence-corrected chi connectivity index (χ4v) is 8.73. The molecule has 0 aromatic carbocycles.